The second kappa shape index (κ2) is 5.94. The van der Waals surface area contributed by atoms with Crippen LogP contribution in [0.15, 0.2) is 12.7 Å². The fourth-order valence-electron chi connectivity index (χ4n) is 4.06. The summed E-state index contributed by atoms with van der Waals surface area (Å²) in [6, 6.07) is 0.469. The number of hydrogen-bond acceptors (Lipinski definition) is 9. The monoisotopic (exact) mass is 398 g/mol. The van der Waals surface area contributed by atoms with Crippen LogP contribution in [-0.4, -0.2) is 58.7 Å². The molecule has 2 aliphatic heterocycles. The summed E-state index contributed by atoms with van der Waals surface area (Å²) in [6.07, 6.45) is 3.96. The van der Waals surface area contributed by atoms with Gasteiger partial charge in [0.25, 0.3) is 0 Å². The number of anilines is 1. The smallest absolute Gasteiger partial charge is 0.182 e. The Labute approximate surface area is 166 Å². The van der Waals surface area contributed by atoms with Gasteiger partial charge in [0.1, 0.15) is 24.4 Å². The Morgan fingerprint density at radius 2 is 2.00 bits per heavy atom. The standard InChI is InChI=1S/C18H22N8O3/c1-8-22-15(25-24-8)12-11-13(29-18(2,3)28-11)17(27-12)26-7-21-10-14(23-9-4-5-9)19-6-20-16(10)26/h6-7,9,11-13,17H,4-5H2,1-3H3,(H,19,20,23)(H,22,24,25)/t11-,12+,13-,17-/m1/s1. The maximum Gasteiger partial charge on any atom is 0.182 e. The summed E-state index contributed by atoms with van der Waals surface area (Å²) in [4.78, 5) is 17.8. The minimum Gasteiger partial charge on any atom is -0.365 e. The van der Waals surface area contributed by atoms with Gasteiger partial charge in [0, 0.05) is 6.04 Å². The van der Waals surface area contributed by atoms with Gasteiger partial charge in [-0.3, -0.25) is 9.67 Å². The van der Waals surface area contributed by atoms with Crippen molar-refractivity contribution in [2.45, 2.75) is 70.0 Å². The number of hydrogen-bond donors (Lipinski definition) is 2. The lowest BCUT2D eigenvalue weighted by Gasteiger charge is -2.24. The minimum absolute atomic E-state index is 0.339. The molecule has 0 aromatic carbocycles. The van der Waals surface area contributed by atoms with E-state index in [0.717, 1.165) is 30.0 Å². The van der Waals surface area contributed by atoms with Crippen LogP contribution >= 0.6 is 0 Å². The van der Waals surface area contributed by atoms with Crippen LogP contribution < -0.4 is 5.32 Å². The first-order valence-corrected chi connectivity index (χ1v) is 9.82. The Morgan fingerprint density at radius 3 is 2.76 bits per heavy atom. The normalized spacial score (nSPS) is 30.7. The number of H-pyrrole nitrogens is 1. The van der Waals surface area contributed by atoms with Crippen LogP contribution in [0, 0.1) is 6.92 Å². The fraction of sp³-hybridized carbons (Fsp3) is 0.611. The number of nitrogens with zero attached hydrogens (tertiary/aromatic N) is 6. The number of imidazole rings is 1. The van der Waals surface area contributed by atoms with E-state index in [2.05, 4.69) is 35.5 Å². The number of aromatic nitrogens is 7. The lowest BCUT2D eigenvalue weighted by Crippen LogP contribution is -2.27. The van der Waals surface area contributed by atoms with Gasteiger partial charge in [-0.1, -0.05) is 0 Å². The summed E-state index contributed by atoms with van der Waals surface area (Å²) < 4.78 is 20.6. The van der Waals surface area contributed by atoms with Crippen molar-refractivity contribution >= 4 is 17.0 Å². The molecule has 11 heteroatoms. The fourth-order valence-corrected chi connectivity index (χ4v) is 4.06. The van der Waals surface area contributed by atoms with Gasteiger partial charge < -0.3 is 19.5 Å². The molecule has 3 fully saturated rings. The Bertz CT molecular complexity index is 1070. The van der Waals surface area contributed by atoms with E-state index in [9.17, 15) is 0 Å². The van der Waals surface area contributed by atoms with Crippen LogP contribution in [0.3, 0.4) is 0 Å². The van der Waals surface area contributed by atoms with Gasteiger partial charge >= 0.3 is 0 Å². The molecule has 1 aliphatic carbocycles. The van der Waals surface area contributed by atoms with Crippen molar-refractivity contribution in [2.75, 3.05) is 5.32 Å². The van der Waals surface area contributed by atoms with Crippen molar-refractivity contribution in [3.63, 3.8) is 0 Å². The second-order valence-corrected chi connectivity index (χ2v) is 8.26. The van der Waals surface area contributed by atoms with Gasteiger partial charge in [0.15, 0.2) is 40.9 Å². The molecule has 4 atom stereocenters. The molecule has 11 nitrogen and oxygen atoms in total. The minimum atomic E-state index is -0.731. The van der Waals surface area contributed by atoms with Crippen molar-refractivity contribution < 1.29 is 14.2 Å². The molecular formula is C18H22N8O3. The lowest BCUT2D eigenvalue weighted by molar-refractivity contribution is -0.198. The van der Waals surface area contributed by atoms with Crippen molar-refractivity contribution in [1.82, 2.24) is 34.7 Å². The van der Waals surface area contributed by atoms with Crippen LogP contribution in [0.1, 0.15) is 50.7 Å². The first-order valence-electron chi connectivity index (χ1n) is 9.82. The van der Waals surface area contributed by atoms with Gasteiger partial charge in [-0.2, -0.15) is 5.10 Å². The van der Waals surface area contributed by atoms with Crippen molar-refractivity contribution in [1.29, 1.82) is 0 Å². The van der Waals surface area contributed by atoms with Gasteiger partial charge in [-0.25, -0.2) is 19.9 Å². The Balaban J connectivity index is 1.40. The topological polar surface area (TPSA) is 125 Å². The van der Waals surface area contributed by atoms with Gasteiger partial charge in [0.05, 0.1) is 6.33 Å². The van der Waals surface area contributed by atoms with Crippen molar-refractivity contribution in [3.05, 3.63) is 24.3 Å². The number of aromatic amines is 1. The first kappa shape index (κ1) is 17.2. The molecule has 0 spiro atoms. The lowest BCUT2D eigenvalue weighted by atomic mass is 10.1. The molecule has 0 amide bonds. The third-order valence-electron chi connectivity index (χ3n) is 5.45. The molecule has 0 bridgehead atoms. The van der Waals surface area contributed by atoms with Crippen molar-refractivity contribution in [3.8, 4) is 0 Å². The molecule has 3 aliphatic rings. The summed E-state index contributed by atoms with van der Waals surface area (Å²) >= 11 is 0. The zero-order valence-corrected chi connectivity index (χ0v) is 16.4. The van der Waals surface area contributed by atoms with E-state index in [1.165, 1.54) is 0 Å². The molecule has 3 aromatic rings. The van der Waals surface area contributed by atoms with E-state index in [-0.39, 0.29) is 12.2 Å². The molecule has 6 rings (SSSR count). The van der Waals surface area contributed by atoms with Crippen molar-refractivity contribution in [2.24, 2.45) is 0 Å². The van der Waals surface area contributed by atoms with E-state index in [1.807, 2.05) is 25.3 Å². The maximum absolute atomic E-state index is 6.35. The molecule has 5 heterocycles. The van der Waals surface area contributed by atoms with Gasteiger partial charge in [0.2, 0.25) is 0 Å². The molecule has 152 valence electrons. The van der Waals surface area contributed by atoms with E-state index in [0.29, 0.717) is 17.5 Å². The predicted molar refractivity (Wildman–Crippen MR) is 99.8 cm³/mol. The molecule has 2 saturated heterocycles. The number of ether oxygens (including phenoxy) is 3. The second-order valence-electron chi connectivity index (χ2n) is 8.26. The highest BCUT2D eigenvalue weighted by atomic mass is 16.8. The van der Waals surface area contributed by atoms with Gasteiger partial charge in [-0.15, -0.1) is 0 Å². The summed E-state index contributed by atoms with van der Waals surface area (Å²) in [7, 11) is 0. The van der Waals surface area contributed by atoms with Crippen LogP contribution in [0.2, 0.25) is 0 Å². The third-order valence-corrected chi connectivity index (χ3v) is 5.45. The first-order chi connectivity index (χ1) is 14.0. The largest absolute Gasteiger partial charge is 0.365 e. The average molecular weight is 398 g/mol. The van der Waals surface area contributed by atoms with E-state index < -0.39 is 18.1 Å². The number of rotatable bonds is 4. The van der Waals surface area contributed by atoms with Crippen LogP contribution in [0.5, 0.6) is 0 Å². The third kappa shape index (κ3) is 2.80. The van der Waals surface area contributed by atoms with E-state index >= 15 is 0 Å². The van der Waals surface area contributed by atoms with E-state index in [1.54, 1.807) is 12.7 Å². The summed E-state index contributed by atoms with van der Waals surface area (Å²) in [6.45, 7) is 5.65. The zero-order chi connectivity index (χ0) is 19.8. The molecule has 0 unspecified atom stereocenters. The Hall–Kier alpha value is -2.63. The predicted octanol–water partition coefficient (Wildman–Crippen LogP) is 1.62. The highest BCUT2D eigenvalue weighted by Crippen LogP contribution is 2.48. The highest BCUT2D eigenvalue weighted by Gasteiger charge is 2.57. The molecule has 29 heavy (non-hydrogen) atoms. The zero-order valence-electron chi connectivity index (χ0n) is 16.4. The SMILES string of the molecule is Cc1nc([C@H]2O[C@@H](n3cnc4c(NC5CC5)ncnc43)[C@@H]3OC(C)(C)O[C@@H]32)n[nH]1. The summed E-state index contributed by atoms with van der Waals surface area (Å²) in [5.74, 6) is 1.29. The summed E-state index contributed by atoms with van der Waals surface area (Å²) in [5.41, 5.74) is 1.40. The van der Waals surface area contributed by atoms with Crippen LogP contribution in [-0.2, 0) is 14.2 Å². The number of nitrogens with one attached hydrogen (secondary N) is 2. The number of fused-ring (bicyclic) bond motifs is 2. The van der Waals surface area contributed by atoms with Crippen LogP contribution in [0.4, 0.5) is 5.82 Å². The Kier molecular flexibility index (Phi) is 3.53. The van der Waals surface area contributed by atoms with Gasteiger partial charge in [-0.05, 0) is 33.6 Å². The maximum atomic E-state index is 6.35. The average Bonchev–Trinajstić information content (AvgIpc) is 3.00. The van der Waals surface area contributed by atoms with Crippen LogP contribution in [0.25, 0.3) is 11.2 Å². The highest BCUT2D eigenvalue weighted by molar-refractivity contribution is 5.83. The molecule has 2 N–H and O–H groups in total. The Morgan fingerprint density at radius 1 is 1.17 bits per heavy atom. The molecular weight excluding hydrogens is 376 g/mol. The quantitative estimate of drug-likeness (QED) is 0.674. The molecule has 1 saturated carbocycles. The summed E-state index contributed by atoms with van der Waals surface area (Å²) in [5, 5.41) is 10.6. The molecule has 3 aromatic heterocycles. The molecule has 0 radical (unpaired) electrons. The van der Waals surface area contributed by atoms with E-state index in [4.69, 9.17) is 14.2 Å². The number of aryl methyl sites for hydroxylation is 1.